The number of esters is 2. The first-order valence-electron chi connectivity index (χ1n) is 22.3. The molecule has 8 heteroatoms. The molecule has 0 radical (unpaired) electrons. The van der Waals surface area contributed by atoms with Crippen molar-refractivity contribution in [3.05, 3.63) is 97.2 Å². The van der Waals surface area contributed by atoms with Crippen molar-refractivity contribution in [1.29, 1.82) is 0 Å². The van der Waals surface area contributed by atoms with Crippen molar-refractivity contribution in [2.45, 2.75) is 161 Å². The Kier molecular flexibility index (Phi) is 37.5. The molecular weight excluding hydrogens is 727 g/mol. The SMILES string of the molecule is CC/C=C/C/C=C/C/C=C/C/C=C/C/C=C/C/C=C/CCC(=O)OC(COCCC(C(=O)O)[N+](C)(C)C)COC(=O)CCCCCCCC/C=C/C=C/CCCCC. The standard InChI is InChI=1S/C50H81NO7/c1-6-8-10-12-14-16-18-20-22-23-24-25-27-29-31-33-35-37-39-41-49(53)58-46(44-56-43-42-47(50(54)55)51(3,4)5)45-57-48(52)40-38-36-34-32-30-28-26-21-19-17-15-13-11-9-7-2/h8,10,14-17,19-22,24-25,29,31,35,37,46-47H,6-7,9,11-13,18,23,26-28,30,32-34,36,38-45H2,1-5H3/p+1/b10-8+,16-14+,17-15+,21-19+,22-20+,25-24+,31-29+,37-35+. The van der Waals surface area contributed by atoms with E-state index in [4.69, 9.17) is 14.2 Å². The Morgan fingerprint density at radius 3 is 1.57 bits per heavy atom. The van der Waals surface area contributed by atoms with Crippen LogP contribution >= 0.6 is 0 Å². The molecule has 2 unspecified atom stereocenters. The highest BCUT2D eigenvalue weighted by atomic mass is 16.6. The monoisotopic (exact) mass is 809 g/mol. The largest absolute Gasteiger partial charge is 0.477 e. The summed E-state index contributed by atoms with van der Waals surface area (Å²) in [5.74, 6) is -1.60. The minimum absolute atomic E-state index is 0.0207. The number of carbonyl (C=O) groups is 3. The Morgan fingerprint density at radius 1 is 0.552 bits per heavy atom. The van der Waals surface area contributed by atoms with E-state index in [1.807, 2.05) is 33.3 Å². The number of rotatable bonds is 38. The molecule has 0 spiro atoms. The van der Waals surface area contributed by atoms with Crippen molar-refractivity contribution in [2.75, 3.05) is 41.0 Å². The molecule has 0 saturated heterocycles. The van der Waals surface area contributed by atoms with Crippen LogP contribution in [0.25, 0.3) is 0 Å². The number of hydrogen-bond donors (Lipinski definition) is 1. The highest BCUT2D eigenvalue weighted by Crippen LogP contribution is 2.12. The second kappa shape index (κ2) is 40.0. The number of allylic oxidation sites excluding steroid dienone is 16. The minimum Gasteiger partial charge on any atom is -0.477 e. The zero-order valence-electron chi connectivity index (χ0n) is 37.2. The van der Waals surface area contributed by atoms with Gasteiger partial charge in [-0.25, -0.2) is 4.79 Å². The van der Waals surface area contributed by atoms with Crippen LogP contribution < -0.4 is 0 Å². The molecule has 2 atom stereocenters. The smallest absolute Gasteiger partial charge is 0.362 e. The number of aliphatic carboxylic acids is 1. The van der Waals surface area contributed by atoms with E-state index in [0.29, 0.717) is 19.3 Å². The van der Waals surface area contributed by atoms with E-state index in [-0.39, 0.29) is 36.7 Å². The maximum absolute atomic E-state index is 12.7. The molecule has 0 aromatic carbocycles. The molecule has 0 aromatic rings. The number of quaternary nitrogens is 1. The number of carbonyl (C=O) groups excluding carboxylic acids is 2. The highest BCUT2D eigenvalue weighted by molar-refractivity contribution is 5.72. The molecule has 0 amide bonds. The van der Waals surface area contributed by atoms with Gasteiger partial charge in [0, 0.05) is 19.3 Å². The normalized spacial score (nSPS) is 13.9. The molecule has 0 aliphatic carbocycles. The summed E-state index contributed by atoms with van der Waals surface area (Å²) in [6.07, 6.45) is 53.2. The molecule has 0 fully saturated rings. The Balaban J connectivity index is 4.52. The van der Waals surface area contributed by atoms with Crippen molar-refractivity contribution in [2.24, 2.45) is 0 Å². The third-order valence-corrected chi connectivity index (χ3v) is 9.26. The summed E-state index contributed by atoms with van der Waals surface area (Å²) in [6, 6.07) is -0.635. The summed E-state index contributed by atoms with van der Waals surface area (Å²) in [5.41, 5.74) is 0. The van der Waals surface area contributed by atoms with Crippen LogP contribution in [0.3, 0.4) is 0 Å². The predicted octanol–water partition coefficient (Wildman–Crippen LogP) is 12.3. The zero-order chi connectivity index (χ0) is 42.8. The minimum atomic E-state index is -0.893. The first-order valence-corrected chi connectivity index (χ1v) is 22.3. The molecule has 0 aliphatic rings. The van der Waals surface area contributed by atoms with Crippen LogP contribution in [0, 0.1) is 0 Å². The molecule has 0 rings (SSSR count). The fraction of sp³-hybridized carbons (Fsp3) is 0.620. The van der Waals surface area contributed by atoms with Gasteiger partial charge in [0.05, 0.1) is 34.4 Å². The topological polar surface area (TPSA) is 99.1 Å². The van der Waals surface area contributed by atoms with Gasteiger partial charge in [-0.05, 0) is 77.0 Å². The van der Waals surface area contributed by atoms with Crippen LogP contribution in [0.1, 0.15) is 149 Å². The van der Waals surface area contributed by atoms with E-state index in [2.05, 4.69) is 98.9 Å². The summed E-state index contributed by atoms with van der Waals surface area (Å²) in [7, 11) is 5.48. The number of carboxylic acid groups (broad SMARTS) is 1. The van der Waals surface area contributed by atoms with Gasteiger partial charge in [-0.2, -0.15) is 0 Å². The van der Waals surface area contributed by atoms with Gasteiger partial charge in [0.25, 0.3) is 0 Å². The lowest BCUT2D eigenvalue weighted by Gasteiger charge is -2.31. The van der Waals surface area contributed by atoms with Gasteiger partial charge in [-0.3, -0.25) is 9.59 Å². The Bertz CT molecular complexity index is 1260. The van der Waals surface area contributed by atoms with Gasteiger partial charge < -0.3 is 23.8 Å². The molecule has 58 heavy (non-hydrogen) atoms. The van der Waals surface area contributed by atoms with E-state index in [1.54, 1.807) is 0 Å². The van der Waals surface area contributed by atoms with Crippen molar-refractivity contribution >= 4 is 17.9 Å². The molecule has 0 saturated carbocycles. The molecule has 0 bridgehead atoms. The third kappa shape index (κ3) is 37.8. The second-order valence-corrected chi connectivity index (χ2v) is 15.6. The lowest BCUT2D eigenvalue weighted by molar-refractivity contribution is -0.887. The predicted molar refractivity (Wildman–Crippen MR) is 243 cm³/mol. The van der Waals surface area contributed by atoms with E-state index in [1.165, 1.54) is 32.1 Å². The Hall–Kier alpha value is -3.75. The van der Waals surface area contributed by atoms with Gasteiger partial charge in [0.1, 0.15) is 6.61 Å². The summed E-state index contributed by atoms with van der Waals surface area (Å²) in [6.45, 7) is 4.48. The fourth-order valence-corrected chi connectivity index (χ4v) is 5.81. The first kappa shape index (κ1) is 54.2. The number of hydrogen-bond acceptors (Lipinski definition) is 6. The average Bonchev–Trinajstić information content (AvgIpc) is 3.18. The lowest BCUT2D eigenvalue weighted by Crippen LogP contribution is -2.50. The van der Waals surface area contributed by atoms with E-state index >= 15 is 0 Å². The molecule has 0 aliphatic heterocycles. The van der Waals surface area contributed by atoms with E-state index in [0.717, 1.165) is 77.0 Å². The molecule has 328 valence electrons. The van der Waals surface area contributed by atoms with Gasteiger partial charge in [0.2, 0.25) is 0 Å². The number of likely N-dealkylation sites (N-methyl/N-ethyl adjacent to an activating group) is 1. The van der Waals surface area contributed by atoms with Crippen LogP contribution in [-0.4, -0.2) is 80.6 Å². The van der Waals surface area contributed by atoms with Gasteiger partial charge in [-0.1, -0.05) is 150 Å². The first-order chi connectivity index (χ1) is 28.1. The van der Waals surface area contributed by atoms with E-state index in [9.17, 15) is 19.5 Å². The fourth-order valence-electron chi connectivity index (χ4n) is 5.81. The van der Waals surface area contributed by atoms with Crippen LogP contribution in [-0.2, 0) is 28.6 Å². The van der Waals surface area contributed by atoms with Gasteiger partial charge in [0.15, 0.2) is 12.1 Å². The number of nitrogens with zero attached hydrogens (tertiary/aromatic N) is 1. The van der Waals surface area contributed by atoms with Gasteiger partial charge >= 0.3 is 17.9 Å². The molecular formula is C50H82NO7+. The lowest BCUT2D eigenvalue weighted by atomic mass is 10.1. The number of unbranched alkanes of at least 4 members (excludes halogenated alkanes) is 9. The van der Waals surface area contributed by atoms with Crippen molar-refractivity contribution in [1.82, 2.24) is 0 Å². The Labute approximate surface area is 354 Å². The summed E-state index contributed by atoms with van der Waals surface area (Å²) in [4.78, 5) is 37.0. The van der Waals surface area contributed by atoms with Crippen molar-refractivity contribution in [3.8, 4) is 0 Å². The van der Waals surface area contributed by atoms with Crippen LogP contribution in [0.2, 0.25) is 0 Å². The third-order valence-electron chi connectivity index (χ3n) is 9.26. The van der Waals surface area contributed by atoms with Crippen LogP contribution in [0.4, 0.5) is 0 Å². The molecule has 0 aromatic heterocycles. The van der Waals surface area contributed by atoms with Crippen LogP contribution in [0.15, 0.2) is 97.2 Å². The maximum atomic E-state index is 12.7. The summed E-state index contributed by atoms with van der Waals surface area (Å²) in [5, 5.41) is 9.62. The summed E-state index contributed by atoms with van der Waals surface area (Å²) < 4.78 is 17.2. The summed E-state index contributed by atoms with van der Waals surface area (Å²) >= 11 is 0. The second-order valence-electron chi connectivity index (χ2n) is 15.6. The van der Waals surface area contributed by atoms with Gasteiger partial charge in [-0.15, -0.1) is 0 Å². The number of ether oxygens (including phenoxy) is 3. The molecule has 1 N–H and O–H groups in total. The molecule has 8 nitrogen and oxygen atoms in total. The zero-order valence-corrected chi connectivity index (χ0v) is 37.2. The van der Waals surface area contributed by atoms with Crippen LogP contribution in [0.5, 0.6) is 0 Å². The molecule has 0 heterocycles. The quantitative estimate of drug-likeness (QED) is 0.0218. The van der Waals surface area contributed by atoms with Crippen molar-refractivity contribution in [3.63, 3.8) is 0 Å². The highest BCUT2D eigenvalue weighted by Gasteiger charge is 2.31. The van der Waals surface area contributed by atoms with E-state index < -0.39 is 24.1 Å². The maximum Gasteiger partial charge on any atom is 0.362 e. The Morgan fingerprint density at radius 2 is 1.05 bits per heavy atom. The average molecular weight is 809 g/mol. The number of carboxylic acids is 1. The van der Waals surface area contributed by atoms with Crippen molar-refractivity contribution < 1.29 is 38.2 Å².